The molecule has 0 saturated carbocycles. The molecule has 7 nitrogen and oxygen atoms in total. The smallest absolute Gasteiger partial charge is 0.276 e. The summed E-state index contributed by atoms with van der Waals surface area (Å²) in [7, 11) is 1.56. The lowest BCUT2D eigenvalue weighted by Gasteiger charge is -1.86. The van der Waals surface area contributed by atoms with Crippen LogP contribution in [0.3, 0.4) is 0 Å². The lowest BCUT2D eigenvalue weighted by Crippen LogP contribution is -1.89. The molecule has 0 bridgehead atoms. The van der Waals surface area contributed by atoms with Crippen molar-refractivity contribution in [3.63, 3.8) is 0 Å². The van der Waals surface area contributed by atoms with Crippen molar-refractivity contribution in [1.82, 2.24) is 20.3 Å². The van der Waals surface area contributed by atoms with Gasteiger partial charge >= 0.3 is 0 Å². The molecule has 14 heavy (non-hydrogen) atoms. The molecule has 0 aliphatic carbocycles. The van der Waals surface area contributed by atoms with E-state index in [2.05, 4.69) is 20.3 Å². The van der Waals surface area contributed by atoms with Gasteiger partial charge in [-0.05, 0) is 0 Å². The van der Waals surface area contributed by atoms with E-state index in [1.165, 1.54) is 0 Å². The van der Waals surface area contributed by atoms with E-state index in [1.54, 1.807) is 13.2 Å². The number of hydrogen-bond acceptors (Lipinski definition) is 6. The number of methoxy groups -OCH3 is 1. The van der Waals surface area contributed by atoms with Crippen molar-refractivity contribution in [3.05, 3.63) is 11.9 Å². The fraction of sp³-hybridized carbons (Fsp3) is 0.286. The maximum absolute atomic E-state index is 5.42. The van der Waals surface area contributed by atoms with Crippen LogP contribution in [0, 0.1) is 0 Å². The van der Waals surface area contributed by atoms with Gasteiger partial charge in [0.25, 0.3) is 5.89 Å². The van der Waals surface area contributed by atoms with Crippen LogP contribution in [0.4, 0.5) is 5.82 Å². The summed E-state index contributed by atoms with van der Waals surface area (Å²) >= 11 is 0. The fourth-order valence-electron chi connectivity index (χ4n) is 0.998. The zero-order valence-corrected chi connectivity index (χ0v) is 7.52. The monoisotopic (exact) mass is 195 g/mol. The zero-order valence-electron chi connectivity index (χ0n) is 7.52. The highest BCUT2D eigenvalue weighted by atomic mass is 16.5. The predicted molar refractivity (Wildman–Crippen MR) is 47.0 cm³/mol. The second-order valence-corrected chi connectivity index (χ2v) is 2.66. The third-order valence-corrected chi connectivity index (χ3v) is 1.57. The molecule has 2 heterocycles. The Balaban J connectivity index is 2.24. The van der Waals surface area contributed by atoms with Crippen molar-refractivity contribution in [2.24, 2.45) is 0 Å². The van der Waals surface area contributed by atoms with Gasteiger partial charge in [0, 0.05) is 13.2 Å². The van der Waals surface area contributed by atoms with Gasteiger partial charge in [0.2, 0.25) is 0 Å². The number of nitrogens with zero attached hydrogens (tertiary/aromatic N) is 3. The number of rotatable bonds is 3. The van der Waals surface area contributed by atoms with Crippen molar-refractivity contribution in [1.29, 1.82) is 0 Å². The highest BCUT2D eigenvalue weighted by Gasteiger charge is 2.10. The number of hydrogen-bond donors (Lipinski definition) is 2. The van der Waals surface area contributed by atoms with E-state index in [9.17, 15) is 0 Å². The lowest BCUT2D eigenvalue weighted by molar-refractivity contribution is 0.174. The average molecular weight is 195 g/mol. The predicted octanol–water partition coefficient (Wildman–Crippen LogP) is 0.188. The van der Waals surface area contributed by atoms with Gasteiger partial charge in [-0.1, -0.05) is 5.16 Å². The molecule has 0 aliphatic rings. The molecule has 0 fully saturated rings. The Morgan fingerprint density at radius 1 is 1.64 bits per heavy atom. The molecule has 2 aromatic heterocycles. The summed E-state index contributed by atoms with van der Waals surface area (Å²) in [4.78, 5) is 4.05. The summed E-state index contributed by atoms with van der Waals surface area (Å²) in [6.45, 7) is 0.313. The summed E-state index contributed by atoms with van der Waals surface area (Å²) in [6, 6.07) is 1.62. The van der Waals surface area contributed by atoms with Gasteiger partial charge in [-0.2, -0.15) is 10.1 Å². The largest absolute Gasteiger partial charge is 0.382 e. The van der Waals surface area contributed by atoms with Crippen LogP contribution in [0.2, 0.25) is 0 Å². The molecule has 2 aromatic rings. The summed E-state index contributed by atoms with van der Waals surface area (Å²) in [5, 5.41) is 10.1. The molecule has 0 amide bonds. The average Bonchev–Trinajstić information content (AvgIpc) is 2.74. The molecule has 0 atom stereocenters. The molecule has 0 aromatic carbocycles. The van der Waals surface area contributed by atoms with Crippen molar-refractivity contribution in [2.45, 2.75) is 6.61 Å². The van der Waals surface area contributed by atoms with E-state index in [4.69, 9.17) is 15.0 Å². The van der Waals surface area contributed by atoms with Gasteiger partial charge in [-0.25, -0.2) is 0 Å². The second-order valence-electron chi connectivity index (χ2n) is 2.66. The molecule has 2 rings (SSSR count). The normalized spacial score (nSPS) is 10.6. The van der Waals surface area contributed by atoms with E-state index in [-0.39, 0.29) is 0 Å². The molecule has 3 N–H and O–H groups in total. The van der Waals surface area contributed by atoms with Crippen LogP contribution in [-0.2, 0) is 11.3 Å². The number of nitrogen functional groups attached to an aromatic ring is 1. The maximum Gasteiger partial charge on any atom is 0.276 e. The molecule has 0 saturated heterocycles. The van der Waals surface area contributed by atoms with Crippen LogP contribution in [0.5, 0.6) is 0 Å². The van der Waals surface area contributed by atoms with Crippen LogP contribution < -0.4 is 5.73 Å². The molecule has 0 spiro atoms. The molecular weight excluding hydrogens is 186 g/mol. The number of nitrogens with two attached hydrogens (primary N) is 1. The van der Waals surface area contributed by atoms with Crippen LogP contribution in [-0.4, -0.2) is 27.4 Å². The van der Waals surface area contributed by atoms with Gasteiger partial charge in [0.1, 0.15) is 18.1 Å². The Kier molecular flexibility index (Phi) is 2.15. The van der Waals surface area contributed by atoms with E-state index >= 15 is 0 Å². The SMILES string of the molecule is COCc1noc(-c2cc(N)n[nH]2)n1. The molecule has 0 radical (unpaired) electrons. The molecule has 0 aliphatic heterocycles. The number of aromatic nitrogens is 4. The number of H-pyrrole nitrogens is 1. The summed E-state index contributed by atoms with van der Waals surface area (Å²) in [5.74, 6) is 1.21. The number of ether oxygens (including phenoxy) is 1. The third kappa shape index (κ3) is 1.57. The van der Waals surface area contributed by atoms with Gasteiger partial charge < -0.3 is 15.0 Å². The quantitative estimate of drug-likeness (QED) is 0.724. The van der Waals surface area contributed by atoms with Crippen LogP contribution in [0.1, 0.15) is 5.82 Å². The first-order chi connectivity index (χ1) is 6.79. The number of anilines is 1. The summed E-state index contributed by atoms with van der Waals surface area (Å²) < 4.78 is 9.80. The van der Waals surface area contributed by atoms with Gasteiger partial charge in [-0.3, -0.25) is 5.10 Å². The maximum atomic E-state index is 5.42. The first-order valence-corrected chi connectivity index (χ1v) is 3.92. The molecule has 0 unspecified atom stereocenters. The van der Waals surface area contributed by atoms with E-state index in [0.29, 0.717) is 29.8 Å². The Labute approximate surface area is 79.3 Å². The van der Waals surface area contributed by atoms with Gasteiger partial charge in [0.05, 0.1) is 0 Å². The molecule has 74 valence electrons. The number of aromatic amines is 1. The van der Waals surface area contributed by atoms with E-state index in [1.807, 2.05) is 0 Å². The number of nitrogens with one attached hydrogen (secondary N) is 1. The Bertz CT molecular complexity index is 421. The Morgan fingerprint density at radius 3 is 3.14 bits per heavy atom. The highest BCUT2D eigenvalue weighted by molar-refractivity contribution is 5.51. The standard InChI is InChI=1S/C7H9N5O2/c1-13-3-6-9-7(14-12-6)4-2-5(8)11-10-4/h2H,3H2,1H3,(H3,8,10,11). The molecular formula is C7H9N5O2. The van der Waals surface area contributed by atoms with Crippen LogP contribution >= 0.6 is 0 Å². The Hall–Kier alpha value is -1.89. The van der Waals surface area contributed by atoms with Gasteiger partial charge in [0.15, 0.2) is 5.82 Å². The minimum atomic E-state index is 0.313. The van der Waals surface area contributed by atoms with Crippen molar-refractivity contribution >= 4 is 5.82 Å². The van der Waals surface area contributed by atoms with Crippen molar-refractivity contribution in [2.75, 3.05) is 12.8 Å². The lowest BCUT2D eigenvalue weighted by atomic mass is 10.4. The van der Waals surface area contributed by atoms with Crippen LogP contribution in [0.15, 0.2) is 10.6 Å². The van der Waals surface area contributed by atoms with E-state index in [0.717, 1.165) is 0 Å². The van der Waals surface area contributed by atoms with Crippen molar-refractivity contribution < 1.29 is 9.26 Å². The topological polar surface area (TPSA) is 103 Å². The minimum Gasteiger partial charge on any atom is -0.382 e. The third-order valence-electron chi connectivity index (χ3n) is 1.57. The summed E-state index contributed by atoms with van der Waals surface area (Å²) in [5.41, 5.74) is 6.02. The molecule has 7 heteroatoms. The van der Waals surface area contributed by atoms with Crippen LogP contribution in [0.25, 0.3) is 11.6 Å². The van der Waals surface area contributed by atoms with Gasteiger partial charge in [-0.15, -0.1) is 0 Å². The zero-order chi connectivity index (χ0) is 9.97. The van der Waals surface area contributed by atoms with Crippen molar-refractivity contribution in [3.8, 4) is 11.6 Å². The first kappa shape index (κ1) is 8.70. The fourth-order valence-corrected chi connectivity index (χ4v) is 0.998. The van der Waals surface area contributed by atoms with E-state index < -0.39 is 0 Å². The summed E-state index contributed by atoms with van der Waals surface area (Å²) in [6.07, 6.45) is 0. The first-order valence-electron chi connectivity index (χ1n) is 3.92. The highest BCUT2D eigenvalue weighted by Crippen LogP contribution is 2.15. The Morgan fingerprint density at radius 2 is 2.50 bits per heavy atom. The minimum absolute atomic E-state index is 0.313. The second kappa shape index (κ2) is 3.46.